The number of hydrogen-bond donors (Lipinski definition) is 1. The fourth-order valence-electron chi connectivity index (χ4n) is 2.64. The molecule has 1 aliphatic rings. The van der Waals surface area contributed by atoms with Crippen LogP contribution in [0.4, 0.5) is 0 Å². The zero-order valence-corrected chi connectivity index (χ0v) is 13.9. The fraction of sp³-hybridized carbons (Fsp3) is 0.471. The largest absolute Gasteiger partial charge is 0.353 e. The maximum absolute atomic E-state index is 12.3. The number of fused-ring (bicyclic) bond motifs is 1. The number of carbonyl (C=O) groups excluding carboxylic acids is 3. The summed E-state index contributed by atoms with van der Waals surface area (Å²) in [4.78, 5) is 39.7. The van der Waals surface area contributed by atoms with Gasteiger partial charge in [-0.05, 0) is 32.1 Å². The van der Waals surface area contributed by atoms with Crippen LogP contribution in [0, 0.1) is 6.92 Å². The second kappa shape index (κ2) is 7.37. The number of aryl methyl sites for hydroxylation is 1. The van der Waals surface area contributed by atoms with Crippen molar-refractivity contribution >= 4 is 17.7 Å². The minimum atomic E-state index is -0.399. The van der Waals surface area contributed by atoms with E-state index < -0.39 is 11.8 Å². The molecule has 0 saturated heterocycles. The van der Waals surface area contributed by atoms with Crippen LogP contribution in [0.3, 0.4) is 0 Å². The molecule has 0 aliphatic carbocycles. The van der Waals surface area contributed by atoms with Crippen molar-refractivity contribution < 1.29 is 14.4 Å². The van der Waals surface area contributed by atoms with E-state index in [1.54, 1.807) is 18.2 Å². The summed E-state index contributed by atoms with van der Waals surface area (Å²) < 4.78 is 0. The van der Waals surface area contributed by atoms with E-state index in [0.29, 0.717) is 17.7 Å². The number of nitrogens with one attached hydrogen (secondary N) is 1. The number of hydrogen-bond acceptors (Lipinski definition) is 4. The SMILES string of the molecule is CCN(CC)CCNC(=O)CN1C(=O)c2ccc(C)cc2C1=O. The minimum Gasteiger partial charge on any atom is -0.353 e. The number of benzene rings is 1. The lowest BCUT2D eigenvalue weighted by atomic mass is 10.1. The maximum Gasteiger partial charge on any atom is 0.262 e. The summed E-state index contributed by atoms with van der Waals surface area (Å²) in [6.07, 6.45) is 0. The van der Waals surface area contributed by atoms with Gasteiger partial charge in [0.15, 0.2) is 0 Å². The van der Waals surface area contributed by atoms with Crippen LogP contribution >= 0.6 is 0 Å². The van der Waals surface area contributed by atoms with E-state index in [2.05, 4.69) is 24.1 Å². The maximum atomic E-state index is 12.3. The molecule has 3 amide bonds. The van der Waals surface area contributed by atoms with E-state index >= 15 is 0 Å². The average molecular weight is 317 g/mol. The monoisotopic (exact) mass is 317 g/mol. The van der Waals surface area contributed by atoms with Crippen molar-refractivity contribution in [2.45, 2.75) is 20.8 Å². The standard InChI is InChI=1S/C17H23N3O3/c1-4-19(5-2)9-8-18-15(21)11-20-16(22)13-7-6-12(3)10-14(13)17(20)23/h6-7,10H,4-5,8-9,11H2,1-3H3,(H,18,21). The zero-order chi connectivity index (χ0) is 17.0. The number of nitrogens with zero attached hydrogens (tertiary/aromatic N) is 2. The van der Waals surface area contributed by atoms with Crippen molar-refractivity contribution in [1.29, 1.82) is 0 Å². The van der Waals surface area contributed by atoms with Gasteiger partial charge in [-0.25, -0.2) is 0 Å². The van der Waals surface area contributed by atoms with Gasteiger partial charge >= 0.3 is 0 Å². The molecule has 124 valence electrons. The summed E-state index contributed by atoms with van der Waals surface area (Å²) in [7, 11) is 0. The first-order valence-corrected chi connectivity index (χ1v) is 7.93. The van der Waals surface area contributed by atoms with Gasteiger partial charge in [0.25, 0.3) is 11.8 Å². The Bertz CT molecular complexity index is 624. The molecule has 1 heterocycles. The van der Waals surface area contributed by atoms with Gasteiger partial charge in [-0.3, -0.25) is 19.3 Å². The molecule has 0 aromatic heterocycles. The first kappa shape index (κ1) is 17.1. The van der Waals surface area contributed by atoms with Crippen LogP contribution in [-0.4, -0.2) is 60.2 Å². The second-order valence-electron chi connectivity index (χ2n) is 5.62. The molecule has 6 nitrogen and oxygen atoms in total. The first-order valence-electron chi connectivity index (χ1n) is 7.93. The Morgan fingerprint density at radius 3 is 2.43 bits per heavy atom. The Balaban J connectivity index is 1.93. The molecule has 0 atom stereocenters. The molecule has 0 saturated carbocycles. The predicted molar refractivity (Wildman–Crippen MR) is 87.3 cm³/mol. The van der Waals surface area contributed by atoms with Crippen LogP contribution in [0.15, 0.2) is 18.2 Å². The molecule has 0 fully saturated rings. The normalized spacial score (nSPS) is 13.7. The van der Waals surface area contributed by atoms with Crippen molar-refractivity contribution in [2.24, 2.45) is 0 Å². The van der Waals surface area contributed by atoms with Gasteiger partial charge in [0.05, 0.1) is 11.1 Å². The second-order valence-corrected chi connectivity index (χ2v) is 5.62. The number of likely N-dealkylation sites (N-methyl/N-ethyl adjacent to an activating group) is 1. The van der Waals surface area contributed by atoms with Crippen LogP contribution in [0.5, 0.6) is 0 Å². The van der Waals surface area contributed by atoms with Crippen molar-refractivity contribution in [3.05, 3.63) is 34.9 Å². The van der Waals surface area contributed by atoms with Gasteiger partial charge in [-0.15, -0.1) is 0 Å². The summed E-state index contributed by atoms with van der Waals surface area (Å²) in [5, 5.41) is 2.76. The topological polar surface area (TPSA) is 69.7 Å². The third kappa shape index (κ3) is 3.76. The molecule has 2 rings (SSSR count). The quantitative estimate of drug-likeness (QED) is 0.763. The van der Waals surface area contributed by atoms with Gasteiger partial charge in [-0.2, -0.15) is 0 Å². The van der Waals surface area contributed by atoms with E-state index in [9.17, 15) is 14.4 Å². The highest BCUT2D eigenvalue weighted by Crippen LogP contribution is 2.23. The smallest absolute Gasteiger partial charge is 0.262 e. The molecule has 0 bridgehead atoms. The summed E-state index contributed by atoms with van der Waals surface area (Å²) in [6, 6.07) is 5.12. The number of amides is 3. The van der Waals surface area contributed by atoms with Gasteiger partial charge < -0.3 is 10.2 Å². The van der Waals surface area contributed by atoms with Crippen LogP contribution in [0.2, 0.25) is 0 Å². The van der Waals surface area contributed by atoms with E-state index in [4.69, 9.17) is 0 Å². The third-order valence-electron chi connectivity index (χ3n) is 4.07. The lowest BCUT2D eigenvalue weighted by molar-refractivity contribution is -0.121. The molecule has 1 aromatic rings. The summed E-state index contributed by atoms with van der Waals surface area (Å²) in [5.41, 5.74) is 1.66. The molecule has 0 spiro atoms. The number of imide groups is 1. The van der Waals surface area contributed by atoms with Crippen molar-refractivity contribution in [3.63, 3.8) is 0 Å². The van der Waals surface area contributed by atoms with Gasteiger partial charge in [-0.1, -0.05) is 25.5 Å². The van der Waals surface area contributed by atoms with Crippen molar-refractivity contribution in [2.75, 3.05) is 32.7 Å². The lowest BCUT2D eigenvalue weighted by Crippen LogP contribution is -2.42. The van der Waals surface area contributed by atoms with Gasteiger partial charge in [0.2, 0.25) is 5.91 Å². The number of rotatable bonds is 7. The Morgan fingerprint density at radius 2 is 1.78 bits per heavy atom. The van der Waals surface area contributed by atoms with Crippen LogP contribution in [-0.2, 0) is 4.79 Å². The zero-order valence-electron chi connectivity index (χ0n) is 13.9. The molecular formula is C17H23N3O3. The number of carbonyl (C=O) groups is 3. The Kier molecular flexibility index (Phi) is 5.50. The minimum absolute atomic E-state index is 0.232. The molecule has 6 heteroatoms. The lowest BCUT2D eigenvalue weighted by Gasteiger charge is -2.19. The van der Waals surface area contributed by atoms with Crippen molar-refractivity contribution in [1.82, 2.24) is 15.1 Å². The highest BCUT2D eigenvalue weighted by molar-refractivity contribution is 6.22. The molecule has 1 aliphatic heterocycles. The average Bonchev–Trinajstić information content (AvgIpc) is 2.76. The predicted octanol–water partition coefficient (Wildman–Crippen LogP) is 1.05. The van der Waals surface area contributed by atoms with Crippen LogP contribution < -0.4 is 5.32 Å². The summed E-state index contributed by atoms with van der Waals surface area (Å²) in [6.45, 7) is 8.85. The molecule has 1 N–H and O–H groups in total. The third-order valence-corrected chi connectivity index (χ3v) is 4.07. The van der Waals surface area contributed by atoms with Gasteiger partial charge in [0, 0.05) is 13.1 Å². The van der Waals surface area contributed by atoms with E-state index in [0.717, 1.165) is 30.1 Å². The summed E-state index contributed by atoms with van der Waals surface area (Å²) in [5.74, 6) is -1.11. The molecule has 1 aromatic carbocycles. The molecule has 0 radical (unpaired) electrons. The Morgan fingerprint density at radius 1 is 1.13 bits per heavy atom. The highest BCUT2D eigenvalue weighted by atomic mass is 16.2. The Labute approximate surface area is 136 Å². The van der Waals surface area contributed by atoms with E-state index in [-0.39, 0.29) is 12.5 Å². The highest BCUT2D eigenvalue weighted by Gasteiger charge is 2.36. The fourth-order valence-corrected chi connectivity index (χ4v) is 2.64. The van der Waals surface area contributed by atoms with Crippen molar-refractivity contribution in [3.8, 4) is 0 Å². The molecule has 23 heavy (non-hydrogen) atoms. The first-order chi connectivity index (χ1) is 11.0. The Hall–Kier alpha value is -2.21. The molecule has 0 unspecified atom stereocenters. The van der Waals surface area contributed by atoms with Crippen LogP contribution in [0.1, 0.15) is 40.1 Å². The van der Waals surface area contributed by atoms with Crippen LogP contribution in [0.25, 0.3) is 0 Å². The van der Waals surface area contributed by atoms with E-state index in [1.807, 2.05) is 6.92 Å². The summed E-state index contributed by atoms with van der Waals surface area (Å²) >= 11 is 0. The van der Waals surface area contributed by atoms with E-state index in [1.165, 1.54) is 0 Å². The molecular weight excluding hydrogens is 294 g/mol. The van der Waals surface area contributed by atoms with Gasteiger partial charge in [0.1, 0.15) is 6.54 Å².